The van der Waals surface area contributed by atoms with E-state index in [1.54, 1.807) is 5.57 Å². The van der Waals surface area contributed by atoms with Crippen molar-refractivity contribution in [2.24, 2.45) is 10.9 Å². The van der Waals surface area contributed by atoms with Gasteiger partial charge in [0.05, 0.1) is 0 Å². The largest absolute Gasteiger partial charge is 0.357 e. The van der Waals surface area contributed by atoms with Crippen LogP contribution in [-0.4, -0.2) is 49.0 Å². The summed E-state index contributed by atoms with van der Waals surface area (Å²) in [6.07, 6.45) is 14.3. The van der Waals surface area contributed by atoms with Crippen LogP contribution in [-0.2, 0) is 4.79 Å². The summed E-state index contributed by atoms with van der Waals surface area (Å²) < 4.78 is 0. The summed E-state index contributed by atoms with van der Waals surface area (Å²) in [6, 6.07) is 0.326. The monoisotopic (exact) mass is 488 g/mol. The van der Waals surface area contributed by atoms with Crippen LogP contribution in [0.15, 0.2) is 16.6 Å². The van der Waals surface area contributed by atoms with Crippen molar-refractivity contribution in [3.05, 3.63) is 11.6 Å². The molecule has 1 unspecified atom stereocenters. The molecule has 1 heterocycles. The van der Waals surface area contributed by atoms with Crippen LogP contribution in [0.5, 0.6) is 0 Å². The summed E-state index contributed by atoms with van der Waals surface area (Å²) in [5.74, 6) is 1.58. The molecule has 27 heavy (non-hydrogen) atoms. The number of nitrogens with zero attached hydrogens (tertiary/aromatic N) is 2. The lowest BCUT2D eigenvalue weighted by molar-refractivity contribution is -0.134. The van der Waals surface area contributed by atoms with Gasteiger partial charge in [-0.1, -0.05) is 24.5 Å². The second kappa shape index (κ2) is 11.9. The topological polar surface area (TPSA) is 56.7 Å². The van der Waals surface area contributed by atoms with Gasteiger partial charge >= 0.3 is 0 Å². The van der Waals surface area contributed by atoms with Gasteiger partial charge in [0.1, 0.15) is 0 Å². The maximum absolute atomic E-state index is 12.6. The summed E-state index contributed by atoms with van der Waals surface area (Å²) >= 11 is 0. The van der Waals surface area contributed by atoms with E-state index in [-0.39, 0.29) is 24.0 Å². The molecule has 1 atom stereocenters. The quantitative estimate of drug-likeness (QED) is 0.259. The van der Waals surface area contributed by atoms with Crippen LogP contribution >= 0.6 is 24.0 Å². The van der Waals surface area contributed by atoms with Crippen molar-refractivity contribution in [2.45, 2.75) is 77.2 Å². The minimum Gasteiger partial charge on any atom is -0.357 e. The average molecular weight is 488 g/mol. The predicted molar refractivity (Wildman–Crippen MR) is 123 cm³/mol. The van der Waals surface area contributed by atoms with Gasteiger partial charge in [-0.05, 0) is 58.3 Å². The third-order valence-corrected chi connectivity index (χ3v) is 5.98. The summed E-state index contributed by atoms with van der Waals surface area (Å²) in [5.41, 5.74) is 1.57. The molecule has 3 aliphatic rings. The number of aliphatic imine (C=N–C) groups is 1. The number of hydrogen-bond donors (Lipinski definition) is 2. The van der Waals surface area contributed by atoms with Crippen LogP contribution in [0.25, 0.3) is 0 Å². The molecule has 154 valence electrons. The van der Waals surface area contributed by atoms with Crippen LogP contribution in [0.3, 0.4) is 0 Å². The van der Waals surface area contributed by atoms with E-state index in [1.165, 1.54) is 38.5 Å². The van der Waals surface area contributed by atoms with Gasteiger partial charge in [-0.25, -0.2) is 0 Å². The highest BCUT2D eigenvalue weighted by molar-refractivity contribution is 14.0. The molecule has 1 saturated carbocycles. The number of allylic oxidation sites excluding steroid dienone is 1. The summed E-state index contributed by atoms with van der Waals surface area (Å²) in [7, 11) is 0. The smallest absolute Gasteiger partial charge is 0.225 e. The Balaban J connectivity index is 0.00000261. The average Bonchev–Trinajstić information content (AvgIpc) is 3.34. The molecule has 0 aromatic rings. The van der Waals surface area contributed by atoms with Crippen LogP contribution in [0.1, 0.15) is 71.1 Å². The number of guanidine groups is 1. The molecular weight excluding hydrogens is 451 g/mol. The Morgan fingerprint density at radius 3 is 2.74 bits per heavy atom. The van der Waals surface area contributed by atoms with Crippen LogP contribution in [0.2, 0.25) is 0 Å². The molecule has 5 nitrogen and oxygen atoms in total. The lowest BCUT2D eigenvalue weighted by atomic mass is 9.97. The predicted octanol–water partition coefficient (Wildman–Crippen LogP) is 3.84. The van der Waals surface area contributed by atoms with Gasteiger partial charge in [0.15, 0.2) is 5.96 Å². The normalized spacial score (nSPS) is 23.7. The first kappa shape index (κ1) is 22.5. The first-order valence-corrected chi connectivity index (χ1v) is 10.8. The van der Waals surface area contributed by atoms with E-state index in [4.69, 9.17) is 4.99 Å². The fourth-order valence-electron chi connectivity index (χ4n) is 4.47. The highest BCUT2D eigenvalue weighted by Gasteiger charge is 2.32. The molecule has 2 aliphatic carbocycles. The summed E-state index contributed by atoms with van der Waals surface area (Å²) in [6.45, 7) is 5.53. The number of halogens is 1. The van der Waals surface area contributed by atoms with Gasteiger partial charge in [0.25, 0.3) is 0 Å². The number of carbonyl (C=O) groups excluding carboxylic acids is 1. The number of rotatable bonds is 6. The molecule has 2 N–H and O–H groups in total. The van der Waals surface area contributed by atoms with E-state index >= 15 is 0 Å². The maximum atomic E-state index is 12.6. The van der Waals surface area contributed by atoms with Gasteiger partial charge < -0.3 is 15.5 Å². The molecule has 0 spiro atoms. The Bertz CT molecular complexity index is 528. The third kappa shape index (κ3) is 6.95. The SMILES string of the molecule is CCNC(=NCCC1=CCCCC1)NC1CCN(C(=O)C2CCCC2)C1.I. The van der Waals surface area contributed by atoms with E-state index in [2.05, 4.69) is 28.5 Å². The minimum absolute atomic E-state index is 0. The molecule has 6 heteroatoms. The Morgan fingerprint density at radius 2 is 2.04 bits per heavy atom. The highest BCUT2D eigenvalue weighted by Crippen LogP contribution is 2.27. The molecule has 0 radical (unpaired) electrons. The number of hydrogen-bond acceptors (Lipinski definition) is 2. The molecule has 1 aliphatic heterocycles. The molecular formula is C21H37IN4O. The van der Waals surface area contributed by atoms with E-state index in [9.17, 15) is 4.79 Å². The van der Waals surface area contributed by atoms with E-state index in [0.717, 1.165) is 57.8 Å². The van der Waals surface area contributed by atoms with Crippen molar-refractivity contribution in [3.63, 3.8) is 0 Å². The van der Waals surface area contributed by atoms with Crippen molar-refractivity contribution in [3.8, 4) is 0 Å². The Kier molecular flexibility index (Phi) is 9.93. The zero-order valence-corrected chi connectivity index (χ0v) is 19.2. The number of carbonyl (C=O) groups is 1. The number of likely N-dealkylation sites (tertiary alicyclic amines) is 1. The van der Waals surface area contributed by atoms with Gasteiger partial charge in [-0.2, -0.15) is 0 Å². The first-order valence-electron chi connectivity index (χ1n) is 10.8. The van der Waals surface area contributed by atoms with Crippen LogP contribution in [0.4, 0.5) is 0 Å². The molecule has 0 aromatic heterocycles. The first-order chi connectivity index (χ1) is 12.8. The Morgan fingerprint density at radius 1 is 1.22 bits per heavy atom. The summed E-state index contributed by atoms with van der Waals surface area (Å²) in [4.78, 5) is 19.4. The van der Waals surface area contributed by atoms with Crippen LogP contribution in [0, 0.1) is 5.92 Å². The molecule has 2 fully saturated rings. The second-order valence-electron chi connectivity index (χ2n) is 8.01. The van der Waals surface area contributed by atoms with Crippen molar-refractivity contribution in [1.29, 1.82) is 0 Å². The zero-order chi connectivity index (χ0) is 18.2. The molecule has 3 rings (SSSR count). The maximum Gasteiger partial charge on any atom is 0.225 e. The van der Waals surface area contributed by atoms with E-state index in [1.807, 2.05) is 0 Å². The van der Waals surface area contributed by atoms with E-state index in [0.29, 0.717) is 17.9 Å². The number of nitrogens with one attached hydrogen (secondary N) is 2. The van der Waals surface area contributed by atoms with E-state index < -0.39 is 0 Å². The molecule has 0 aromatic carbocycles. The van der Waals surface area contributed by atoms with Gasteiger partial charge in [-0.15, -0.1) is 24.0 Å². The standard InChI is InChI=1S/C21H36N4O.HI/c1-2-22-21(23-14-12-17-8-4-3-5-9-17)24-19-13-15-25(16-19)20(26)18-10-6-7-11-18;/h8,18-19H,2-7,9-16H2,1H3,(H2,22,23,24);1H. The Hall–Kier alpha value is -0.790. The van der Waals surface area contributed by atoms with Gasteiger partial charge in [-0.3, -0.25) is 9.79 Å². The van der Waals surface area contributed by atoms with Crippen molar-refractivity contribution >= 4 is 35.8 Å². The van der Waals surface area contributed by atoms with Crippen molar-refractivity contribution in [2.75, 3.05) is 26.2 Å². The Labute approximate surface area is 181 Å². The summed E-state index contributed by atoms with van der Waals surface area (Å²) in [5, 5.41) is 6.92. The van der Waals surface area contributed by atoms with Gasteiger partial charge in [0, 0.05) is 38.1 Å². The molecule has 1 amide bonds. The van der Waals surface area contributed by atoms with Gasteiger partial charge in [0.2, 0.25) is 5.91 Å². The lowest BCUT2D eigenvalue weighted by Gasteiger charge is -2.21. The highest BCUT2D eigenvalue weighted by atomic mass is 127. The number of amides is 1. The van der Waals surface area contributed by atoms with Crippen LogP contribution < -0.4 is 10.6 Å². The molecule has 0 bridgehead atoms. The van der Waals surface area contributed by atoms with Crippen molar-refractivity contribution in [1.82, 2.24) is 15.5 Å². The van der Waals surface area contributed by atoms with Crippen molar-refractivity contribution < 1.29 is 4.79 Å². The fraction of sp³-hybridized carbons (Fsp3) is 0.810. The lowest BCUT2D eigenvalue weighted by Crippen LogP contribution is -2.45. The zero-order valence-electron chi connectivity index (χ0n) is 16.8. The second-order valence-corrected chi connectivity index (χ2v) is 8.01. The minimum atomic E-state index is 0. The fourth-order valence-corrected chi connectivity index (χ4v) is 4.47. The molecule has 1 saturated heterocycles. The third-order valence-electron chi connectivity index (χ3n) is 5.98.